The Morgan fingerprint density at radius 1 is 1.14 bits per heavy atom. The minimum atomic E-state index is -4.33. The Hall–Kier alpha value is -2.80. The van der Waals surface area contributed by atoms with Gasteiger partial charge in [0.15, 0.2) is 0 Å². The highest BCUT2D eigenvalue weighted by atomic mass is 19.4. The summed E-state index contributed by atoms with van der Waals surface area (Å²) in [6.45, 7) is 3.10. The van der Waals surface area contributed by atoms with Gasteiger partial charge in [0.1, 0.15) is 12.3 Å². The highest BCUT2D eigenvalue weighted by molar-refractivity contribution is 5.91. The number of carbonyl (C=O) groups excluding carboxylic acids is 1. The molecule has 1 amide bonds. The Balaban J connectivity index is 1.51. The van der Waals surface area contributed by atoms with Gasteiger partial charge in [-0.3, -0.25) is 4.79 Å². The zero-order chi connectivity index (χ0) is 20.9. The first-order chi connectivity index (χ1) is 13.8. The summed E-state index contributed by atoms with van der Waals surface area (Å²) in [5.41, 5.74) is 0.953. The van der Waals surface area contributed by atoms with Gasteiger partial charge in [0.25, 0.3) is 0 Å². The molecule has 1 fully saturated rings. The largest absolute Gasteiger partial charge is 0.497 e. The molecule has 2 aromatic carbocycles. The number of quaternary nitrogens is 1. The van der Waals surface area contributed by atoms with Crippen molar-refractivity contribution in [1.29, 1.82) is 0 Å². The molecule has 29 heavy (non-hydrogen) atoms. The van der Waals surface area contributed by atoms with Gasteiger partial charge in [0.05, 0.1) is 38.9 Å². The summed E-state index contributed by atoms with van der Waals surface area (Å²) in [7, 11) is 1.60. The third kappa shape index (κ3) is 5.84. The number of carbonyl (C=O) groups is 1. The highest BCUT2D eigenvalue weighted by Crippen LogP contribution is 2.29. The van der Waals surface area contributed by atoms with Crippen molar-refractivity contribution >= 4 is 12.0 Å². The predicted octanol–water partition coefficient (Wildman–Crippen LogP) is 2.65. The molecule has 1 aliphatic rings. The van der Waals surface area contributed by atoms with Gasteiger partial charge in [-0.2, -0.15) is 13.2 Å². The van der Waals surface area contributed by atoms with Crippen LogP contribution in [0, 0.1) is 0 Å². The fourth-order valence-electron chi connectivity index (χ4n) is 3.35. The zero-order valence-corrected chi connectivity index (χ0v) is 16.2. The van der Waals surface area contributed by atoms with Gasteiger partial charge in [-0.25, -0.2) is 0 Å². The predicted molar refractivity (Wildman–Crippen MR) is 104 cm³/mol. The molecule has 4 nitrogen and oxygen atoms in total. The number of hydrogen-bond donors (Lipinski definition) is 1. The number of benzene rings is 2. The van der Waals surface area contributed by atoms with Gasteiger partial charge in [0.2, 0.25) is 5.91 Å². The third-order valence-corrected chi connectivity index (χ3v) is 5.02. The maximum Gasteiger partial charge on any atom is 0.416 e. The average molecular weight is 405 g/mol. The number of amides is 1. The van der Waals surface area contributed by atoms with E-state index >= 15 is 0 Å². The van der Waals surface area contributed by atoms with Crippen LogP contribution in [0.4, 0.5) is 13.2 Å². The maximum atomic E-state index is 12.9. The molecular weight excluding hydrogens is 381 g/mol. The maximum absolute atomic E-state index is 12.9. The van der Waals surface area contributed by atoms with Crippen molar-refractivity contribution in [3.63, 3.8) is 0 Å². The molecule has 3 rings (SSSR count). The molecule has 2 aromatic rings. The number of hydrogen-bond acceptors (Lipinski definition) is 2. The van der Waals surface area contributed by atoms with Gasteiger partial charge >= 0.3 is 6.18 Å². The fraction of sp³-hybridized carbons (Fsp3) is 0.318. The zero-order valence-electron chi connectivity index (χ0n) is 16.2. The van der Waals surface area contributed by atoms with Gasteiger partial charge in [-0.05, 0) is 35.9 Å². The topological polar surface area (TPSA) is 34.0 Å². The van der Waals surface area contributed by atoms with E-state index in [-0.39, 0.29) is 5.91 Å². The number of nitrogens with zero attached hydrogens (tertiary/aromatic N) is 1. The normalized spacial score (nSPS) is 15.7. The molecule has 154 valence electrons. The molecule has 0 aliphatic carbocycles. The summed E-state index contributed by atoms with van der Waals surface area (Å²) in [6.07, 6.45) is -1.00. The van der Waals surface area contributed by atoms with E-state index < -0.39 is 11.7 Å². The van der Waals surface area contributed by atoms with Crippen LogP contribution in [0.1, 0.15) is 16.7 Å². The summed E-state index contributed by atoms with van der Waals surface area (Å²) in [5, 5.41) is 0. The fourth-order valence-corrected chi connectivity index (χ4v) is 3.35. The second kappa shape index (κ2) is 9.13. The molecule has 0 radical (unpaired) electrons. The van der Waals surface area contributed by atoms with Crippen molar-refractivity contribution in [2.75, 3.05) is 33.3 Å². The van der Waals surface area contributed by atoms with Crippen LogP contribution in [0.5, 0.6) is 5.75 Å². The molecule has 1 heterocycles. The first-order valence-corrected chi connectivity index (χ1v) is 9.46. The summed E-state index contributed by atoms with van der Waals surface area (Å²) < 4.78 is 43.7. The second-order valence-electron chi connectivity index (χ2n) is 7.06. The molecule has 7 heteroatoms. The lowest BCUT2D eigenvalue weighted by atomic mass is 10.1. The Morgan fingerprint density at radius 2 is 1.83 bits per heavy atom. The smallest absolute Gasteiger partial charge is 0.416 e. The number of ether oxygens (including phenoxy) is 1. The van der Waals surface area contributed by atoms with Gasteiger partial charge in [-0.1, -0.05) is 24.3 Å². The third-order valence-electron chi connectivity index (χ3n) is 5.02. The Labute approximate surface area is 168 Å². The van der Waals surface area contributed by atoms with Crippen LogP contribution in [-0.2, 0) is 17.5 Å². The molecule has 0 aromatic heterocycles. The molecule has 1 aliphatic heterocycles. The number of alkyl halides is 3. The van der Waals surface area contributed by atoms with Crippen LogP contribution in [0.2, 0.25) is 0 Å². The van der Waals surface area contributed by atoms with Crippen LogP contribution < -0.4 is 9.64 Å². The highest BCUT2D eigenvalue weighted by Gasteiger charge is 2.31. The number of piperazine rings is 1. The van der Waals surface area contributed by atoms with Crippen molar-refractivity contribution in [3.8, 4) is 5.75 Å². The molecule has 0 unspecified atom stereocenters. The van der Waals surface area contributed by atoms with Crippen LogP contribution in [0.15, 0.2) is 54.6 Å². The Morgan fingerprint density at radius 3 is 2.45 bits per heavy atom. The summed E-state index contributed by atoms with van der Waals surface area (Å²) in [5.74, 6) is 0.701. The number of rotatable bonds is 5. The Bertz CT molecular complexity index is 855. The monoisotopic (exact) mass is 405 g/mol. The quantitative estimate of drug-likeness (QED) is 0.777. The summed E-state index contributed by atoms with van der Waals surface area (Å²) in [4.78, 5) is 15.3. The number of methoxy groups -OCH3 is 1. The SMILES string of the molecule is COc1ccc(/C=C/C(=O)N2CC[NH+](Cc3cccc(C(F)(F)F)c3)CC2)cc1. The molecule has 0 bridgehead atoms. The molecule has 1 saturated heterocycles. The van der Waals surface area contributed by atoms with E-state index in [1.54, 1.807) is 30.2 Å². The van der Waals surface area contributed by atoms with Crippen molar-refractivity contribution in [2.24, 2.45) is 0 Å². The molecule has 1 N–H and O–H groups in total. The molecular formula is C22H24F3N2O2+. The van der Waals surface area contributed by atoms with E-state index in [4.69, 9.17) is 4.74 Å². The van der Waals surface area contributed by atoms with Crippen molar-refractivity contribution in [1.82, 2.24) is 4.90 Å². The Kier molecular flexibility index (Phi) is 6.59. The lowest BCUT2D eigenvalue weighted by Gasteiger charge is -2.31. The van der Waals surface area contributed by atoms with Crippen LogP contribution in [0.25, 0.3) is 6.08 Å². The number of halogens is 3. The van der Waals surface area contributed by atoms with Crippen LogP contribution in [0.3, 0.4) is 0 Å². The van der Waals surface area contributed by atoms with E-state index in [2.05, 4.69) is 0 Å². The number of nitrogens with one attached hydrogen (secondary N) is 1. The first kappa shape index (κ1) is 20.9. The average Bonchev–Trinajstić information content (AvgIpc) is 2.72. The summed E-state index contributed by atoms with van der Waals surface area (Å²) in [6, 6.07) is 12.9. The minimum Gasteiger partial charge on any atom is -0.497 e. The standard InChI is InChI=1S/C22H23F3N2O2/c1-29-20-8-5-17(6-9-20)7-10-21(28)27-13-11-26(12-14-27)16-18-3-2-4-19(15-18)22(23,24)25/h2-10,15H,11-14,16H2,1H3/p+1/b10-7+. The second-order valence-corrected chi connectivity index (χ2v) is 7.06. The molecule has 0 atom stereocenters. The first-order valence-electron chi connectivity index (χ1n) is 9.46. The summed E-state index contributed by atoms with van der Waals surface area (Å²) >= 11 is 0. The van der Waals surface area contributed by atoms with Crippen LogP contribution >= 0.6 is 0 Å². The van der Waals surface area contributed by atoms with E-state index in [1.165, 1.54) is 17.0 Å². The van der Waals surface area contributed by atoms with E-state index in [9.17, 15) is 18.0 Å². The minimum absolute atomic E-state index is 0.0565. The van der Waals surface area contributed by atoms with E-state index in [0.29, 0.717) is 38.3 Å². The molecule has 0 spiro atoms. The van der Waals surface area contributed by atoms with Crippen molar-refractivity contribution in [2.45, 2.75) is 12.7 Å². The van der Waals surface area contributed by atoms with Crippen LogP contribution in [-0.4, -0.2) is 44.1 Å². The molecule has 0 saturated carbocycles. The van der Waals surface area contributed by atoms with Gasteiger partial charge in [-0.15, -0.1) is 0 Å². The van der Waals surface area contributed by atoms with Crippen molar-refractivity contribution in [3.05, 3.63) is 71.3 Å². The van der Waals surface area contributed by atoms with Gasteiger partial charge < -0.3 is 14.5 Å². The lowest BCUT2D eigenvalue weighted by Crippen LogP contribution is -3.13. The lowest BCUT2D eigenvalue weighted by molar-refractivity contribution is -0.917. The van der Waals surface area contributed by atoms with Gasteiger partial charge in [0, 0.05) is 11.6 Å². The van der Waals surface area contributed by atoms with E-state index in [1.807, 2.05) is 24.3 Å². The van der Waals surface area contributed by atoms with E-state index in [0.717, 1.165) is 17.4 Å². The van der Waals surface area contributed by atoms with Crippen molar-refractivity contribution < 1.29 is 27.6 Å².